The maximum Gasteiger partial charge on any atom is 0.196 e. The predicted molar refractivity (Wildman–Crippen MR) is 89.2 cm³/mol. The summed E-state index contributed by atoms with van der Waals surface area (Å²) >= 11 is 0. The zero-order valence-corrected chi connectivity index (χ0v) is 13.3. The number of hydrogen-bond donors (Lipinski definition) is 2. The maximum absolute atomic E-state index is 12.7. The molecular weight excluding hydrogens is 318 g/mol. The molecule has 0 bridgehead atoms. The molecule has 2 aromatic carbocycles. The topological polar surface area (TPSA) is 71.6 Å². The lowest BCUT2D eigenvalue weighted by atomic mass is 10.1. The Kier molecular flexibility index (Phi) is 3.45. The molecular formula is C17H14ClNO4. The Morgan fingerprint density at radius 2 is 1.65 bits per heavy atom. The standard InChI is InChI=1S/C17H13NO4.ClH/c1-21-13-6-9-10(7-14(13)22-2)17(20)15-11-5-8(19)3-4-12(11)18-16(9)15;/h3-7,18-19H,1-2H3;1H. The molecule has 23 heavy (non-hydrogen) atoms. The Labute approximate surface area is 138 Å². The Morgan fingerprint density at radius 3 is 2.30 bits per heavy atom. The van der Waals surface area contributed by atoms with Crippen LogP contribution in [0.4, 0.5) is 0 Å². The van der Waals surface area contributed by atoms with Gasteiger partial charge in [0.2, 0.25) is 0 Å². The Bertz CT molecular complexity index is 945. The summed E-state index contributed by atoms with van der Waals surface area (Å²) in [4.78, 5) is 16.0. The Balaban J connectivity index is 0.00000156. The minimum absolute atomic E-state index is 0. The van der Waals surface area contributed by atoms with Crippen molar-refractivity contribution in [1.29, 1.82) is 0 Å². The lowest BCUT2D eigenvalue weighted by molar-refractivity contribution is 0.104. The number of methoxy groups -OCH3 is 2. The summed E-state index contributed by atoms with van der Waals surface area (Å²) in [6.45, 7) is 0. The lowest BCUT2D eigenvalue weighted by Crippen LogP contribution is -1.98. The van der Waals surface area contributed by atoms with E-state index < -0.39 is 0 Å². The van der Waals surface area contributed by atoms with Crippen LogP contribution in [-0.2, 0) is 0 Å². The summed E-state index contributed by atoms with van der Waals surface area (Å²) in [7, 11) is 3.10. The van der Waals surface area contributed by atoms with E-state index in [-0.39, 0.29) is 23.9 Å². The second-order valence-electron chi connectivity index (χ2n) is 5.19. The molecule has 5 nitrogen and oxygen atoms in total. The van der Waals surface area contributed by atoms with Crippen molar-refractivity contribution in [3.8, 4) is 28.5 Å². The molecule has 1 aliphatic carbocycles. The number of benzene rings is 2. The van der Waals surface area contributed by atoms with Gasteiger partial charge in [0.25, 0.3) is 0 Å². The lowest BCUT2D eigenvalue weighted by Gasteiger charge is -2.09. The molecule has 1 heterocycles. The highest BCUT2D eigenvalue weighted by Crippen LogP contribution is 2.45. The number of phenolic OH excluding ortho intramolecular Hbond substituents is 1. The van der Waals surface area contributed by atoms with Gasteiger partial charge in [0.1, 0.15) is 5.75 Å². The third kappa shape index (κ3) is 1.97. The molecule has 4 rings (SSSR count). The van der Waals surface area contributed by atoms with E-state index in [0.29, 0.717) is 28.0 Å². The number of ketones is 1. The number of phenols is 1. The van der Waals surface area contributed by atoms with Crippen molar-refractivity contribution in [3.05, 3.63) is 41.5 Å². The van der Waals surface area contributed by atoms with E-state index >= 15 is 0 Å². The monoisotopic (exact) mass is 331 g/mol. The molecule has 0 unspecified atom stereocenters. The normalized spacial score (nSPS) is 11.8. The molecule has 0 amide bonds. The first-order chi connectivity index (χ1) is 10.6. The van der Waals surface area contributed by atoms with E-state index in [0.717, 1.165) is 16.8 Å². The molecule has 3 aromatic rings. The van der Waals surface area contributed by atoms with Crippen LogP contribution in [0.15, 0.2) is 30.3 Å². The number of H-pyrrole nitrogens is 1. The number of aromatic hydroxyl groups is 1. The van der Waals surface area contributed by atoms with Crippen LogP contribution in [0.3, 0.4) is 0 Å². The van der Waals surface area contributed by atoms with Crippen LogP contribution in [0.5, 0.6) is 17.2 Å². The van der Waals surface area contributed by atoms with E-state index in [4.69, 9.17) is 9.47 Å². The summed E-state index contributed by atoms with van der Waals surface area (Å²) in [5.41, 5.74) is 3.51. The molecule has 6 heteroatoms. The van der Waals surface area contributed by atoms with Crippen molar-refractivity contribution in [1.82, 2.24) is 4.98 Å². The smallest absolute Gasteiger partial charge is 0.196 e. The van der Waals surface area contributed by atoms with Crippen molar-refractivity contribution >= 4 is 29.1 Å². The summed E-state index contributed by atoms with van der Waals surface area (Å²) in [6.07, 6.45) is 0. The zero-order valence-electron chi connectivity index (χ0n) is 12.5. The quantitative estimate of drug-likeness (QED) is 0.589. The van der Waals surface area contributed by atoms with Crippen LogP contribution in [0.2, 0.25) is 0 Å². The van der Waals surface area contributed by atoms with Crippen LogP contribution in [0.1, 0.15) is 15.9 Å². The molecule has 1 aliphatic rings. The van der Waals surface area contributed by atoms with Gasteiger partial charge in [0.05, 0.1) is 25.5 Å². The van der Waals surface area contributed by atoms with Gasteiger partial charge < -0.3 is 19.6 Å². The molecule has 0 radical (unpaired) electrons. The summed E-state index contributed by atoms with van der Waals surface area (Å²) in [5, 5.41) is 10.4. The summed E-state index contributed by atoms with van der Waals surface area (Å²) in [5.74, 6) is 1.14. The molecule has 0 atom stereocenters. The largest absolute Gasteiger partial charge is 0.508 e. The highest BCUT2D eigenvalue weighted by atomic mass is 35.5. The first-order valence-corrected chi connectivity index (χ1v) is 6.80. The van der Waals surface area contributed by atoms with Crippen molar-refractivity contribution in [2.75, 3.05) is 14.2 Å². The average Bonchev–Trinajstić information content (AvgIpc) is 3.02. The number of aromatic nitrogens is 1. The number of ether oxygens (including phenoxy) is 2. The number of aromatic amines is 1. The molecule has 0 fully saturated rings. The fraction of sp³-hybridized carbons (Fsp3) is 0.118. The number of rotatable bonds is 2. The molecule has 0 saturated heterocycles. The van der Waals surface area contributed by atoms with E-state index in [2.05, 4.69) is 4.98 Å². The minimum Gasteiger partial charge on any atom is -0.508 e. The highest BCUT2D eigenvalue weighted by molar-refractivity contribution is 6.27. The van der Waals surface area contributed by atoms with Gasteiger partial charge >= 0.3 is 0 Å². The van der Waals surface area contributed by atoms with Crippen LogP contribution in [0, 0.1) is 0 Å². The molecule has 2 N–H and O–H groups in total. The number of halogens is 1. The molecule has 1 aromatic heterocycles. The van der Waals surface area contributed by atoms with Gasteiger partial charge in [-0.15, -0.1) is 12.4 Å². The van der Waals surface area contributed by atoms with Crippen molar-refractivity contribution < 1.29 is 19.4 Å². The number of carbonyl (C=O) groups is 1. The molecule has 118 valence electrons. The van der Waals surface area contributed by atoms with Gasteiger partial charge in [0, 0.05) is 22.0 Å². The number of nitrogens with one attached hydrogen (secondary N) is 1. The van der Waals surface area contributed by atoms with Gasteiger partial charge in [-0.1, -0.05) is 0 Å². The van der Waals surface area contributed by atoms with Crippen molar-refractivity contribution in [3.63, 3.8) is 0 Å². The average molecular weight is 332 g/mol. The number of fused-ring (bicyclic) bond motifs is 5. The maximum atomic E-state index is 12.7. The Hall–Kier alpha value is -2.66. The highest BCUT2D eigenvalue weighted by Gasteiger charge is 2.32. The third-order valence-electron chi connectivity index (χ3n) is 4.05. The summed E-state index contributed by atoms with van der Waals surface area (Å²) in [6, 6.07) is 8.44. The van der Waals surface area contributed by atoms with Crippen molar-refractivity contribution in [2.45, 2.75) is 0 Å². The van der Waals surface area contributed by atoms with Crippen LogP contribution < -0.4 is 9.47 Å². The van der Waals surface area contributed by atoms with Gasteiger partial charge in [-0.25, -0.2) is 0 Å². The van der Waals surface area contributed by atoms with E-state index in [1.54, 1.807) is 37.4 Å². The predicted octanol–water partition coefficient (Wildman–Crippen LogP) is 3.52. The molecule has 0 aliphatic heterocycles. The van der Waals surface area contributed by atoms with Crippen LogP contribution >= 0.6 is 12.4 Å². The van der Waals surface area contributed by atoms with E-state index in [1.807, 2.05) is 0 Å². The van der Waals surface area contributed by atoms with Gasteiger partial charge in [-0.05, 0) is 30.3 Å². The Morgan fingerprint density at radius 1 is 1.00 bits per heavy atom. The van der Waals surface area contributed by atoms with E-state index in [1.165, 1.54) is 7.11 Å². The van der Waals surface area contributed by atoms with E-state index in [9.17, 15) is 9.90 Å². The first kappa shape index (κ1) is 15.2. The van der Waals surface area contributed by atoms with Crippen molar-refractivity contribution in [2.24, 2.45) is 0 Å². The second-order valence-corrected chi connectivity index (χ2v) is 5.19. The zero-order chi connectivity index (χ0) is 15.4. The fourth-order valence-corrected chi connectivity index (χ4v) is 3.03. The van der Waals surface area contributed by atoms with Gasteiger partial charge in [-0.3, -0.25) is 4.79 Å². The van der Waals surface area contributed by atoms with Gasteiger partial charge in [0.15, 0.2) is 17.3 Å². The van der Waals surface area contributed by atoms with Crippen LogP contribution in [0.25, 0.3) is 22.2 Å². The number of carbonyl (C=O) groups excluding carboxylic acids is 1. The minimum atomic E-state index is -0.0807. The summed E-state index contributed by atoms with van der Waals surface area (Å²) < 4.78 is 10.6. The number of hydrogen-bond acceptors (Lipinski definition) is 4. The second kappa shape index (κ2) is 5.21. The first-order valence-electron chi connectivity index (χ1n) is 6.80. The SMILES string of the molecule is COc1cc2c(cc1OC)-c1[nH]c3ccc(O)cc3c1C2=O.Cl. The molecule has 0 spiro atoms. The van der Waals surface area contributed by atoms with Gasteiger partial charge in [-0.2, -0.15) is 0 Å². The third-order valence-corrected chi connectivity index (χ3v) is 4.05. The van der Waals surface area contributed by atoms with Crippen LogP contribution in [-0.4, -0.2) is 30.1 Å². The fourth-order valence-electron chi connectivity index (χ4n) is 3.03. The molecule has 0 saturated carbocycles.